The first-order valence-corrected chi connectivity index (χ1v) is 24.2. The van der Waals surface area contributed by atoms with E-state index in [1.54, 1.807) is 23.4 Å². The highest BCUT2D eigenvalue weighted by atomic mass is 32.2. The SMILES string of the molecule is C=C1CCC(N2Cc3cc(N4CCC(CN5CC6(C5)CN(c5ccc(-c7cnc8[nH]cc(C(=O)c9c(F)ccc(NS(=O)(=O)N%10CC[C@@H](F)C%10)c9F)c8c7)cn5)C6)CC4)ccc3C2=O)C(=O)N1. The van der Waals surface area contributed by atoms with E-state index in [-0.39, 0.29) is 42.3 Å². The molecule has 5 saturated heterocycles. The highest BCUT2D eigenvalue weighted by Crippen LogP contribution is 2.43. The molecule has 6 aliphatic heterocycles. The number of alkyl halides is 1. The number of piperidine rings is 2. The molecule has 0 radical (unpaired) electrons. The van der Waals surface area contributed by atoms with Crippen molar-refractivity contribution in [3.05, 3.63) is 113 Å². The number of carbonyl (C=O) groups is 3. The fraction of sp³-hybridized carbons (Fsp3) is 0.396. The van der Waals surface area contributed by atoms with Gasteiger partial charge in [0.15, 0.2) is 5.82 Å². The second-order valence-electron chi connectivity index (χ2n) is 19.1. The first-order chi connectivity index (χ1) is 32.2. The Morgan fingerprint density at radius 2 is 1.70 bits per heavy atom. The van der Waals surface area contributed by atoms with Gasteiger partial charge in [-0.1, -0.05) is 6.58 Å². The maximum Gasteiger partial charge on any atom is 0.301 e. The van der Waals surface area contributed by atoms with E-state index in [0.29, 0.717) is 53.2 Å². The lowest BCUT2D eigenvalue weighted by atomic mass is 9.72. The molecule has 3 aromatic heterocycles. The van der Waals surface area contributed by atoms with Gasteiger partial charge >= 0.3 is 10.2 Å². The Labute approximate surface area is 385 Å². The van der Waals surface area contributed by atoms with Gasteiger partial charge in [0.25, 0.3) is 5.91 Å². The Balaban J connectivity index is 0.671. The first-order valence-electron chi connectivity index (χ1n) is 22.7. The van der Waals surface area contributed by atoms with E-state index in [1.807, 2.05) is 29.0 Å². The lowest BCUT2D eigenvalue weighted by Crippen LogP contribution is -2.72. The summed E-state index contributed by atoms with van der Waals surface area (Å²) in [6.45, 7) is 10.8. The molecule has 67 heavy (non-hydrogen) atoms. The average Bonchev–Trinajstić information content (AvgIpc) is 4.02. The molecule has 1 spiro atoms. The number of halogens is 3. The Morgan fingerprint density at radius 3 is 2.43 bits per heavy atom. The molecule has 9 heterocycles. The maximum absolute atomic E-state index is 15.8. The molecule has 11 rings (SSSR count). The van der Waals surface area contributed by atoms with Crippen LogP contribution in [0.2, 0.25) is 0 Å². The van der Waals surface area contributed by atoms with Crippen LogP contribution in [0.5, 0.6) is 0 Å². The highest BCUT2D eigenvalue weighted by molar-refractivity contribution is 7.90. The molecule has 19 heteroatoms. The number of anilines is 3. The van der Waals surface area contributed by atoms with Gasteiger partial charge in [0.05, 0.1) is 11.3 Å². The number of rotatable bonds is 11. The first kappa shape index (κ1) is 43.3. The van der Waals surface area contributed by atoms with Crippen molar-refractivity contribution in [3.63, 3.8) is 0 Å². The third-order valence-corrected chi connectivity index (χ3v) is 15.9. The van der Waals surface area contributed by atoms with Crippen LogP contribution in [0, 0.1) is 23.0 Å². The van der Waals surface area contributed by atoms with Crippen LogP contribution in [-0.2, 0) is 21.5 Å². The van der Waals surface area contributed by atoms with Crippen molar-refractivity contribution in [1.82, 2.24) is 34.4 Å². The van der Waals surface area contributed by atoms with Gasteiger partial charge in [0, 0.05) is 128 Å². The number of nitrogens with zero attached hydrogens (tertiary/aromatic N) is 7. The van der Waals surface area contributed by atoms with E-state index in [4.69, 9.17) is 4.98 Å². The molecule has 5 fully saturated rings. The van der Waals surface area contributed by atoms with Crippen LogP contribution in [0.1, 0.15) is 63.9 Å². The smallest absolute Gasteiger partial charge is 0.301 e. The summed E-state index contributed by atoms with van der Waals surface area (Å²) in [6, 6.07) is 12.9. The summed E-state index contributed by atoms with van der Waals surface area (Å²) in [6.07, 6.45) is 6.80. The summed E-state index contributed by atoms with van der Waals surface area (Å²) in [5.74, 6) is -2.32. The monoisotopic (exact) mass is 934 g/mol. The molecular weight excluding hydrogens is 886 g/mol. The van der Waals surface area contributed by atoms with Crippen molar-refractivity contribution < 1.29 is 36.0 Å². The summed E-state index contributed by atoms with van der Waals surface area (Å²) in [7, 11) is -4.36. The zero-order chi connectivity index (χ0) is 46.4. The molecule has 0 aliphatic carbocycles. The van der Waals surface area contributed by atoms with E-state index in [9.17, 15) is 27.2 Å². The second-order valence-corrected chi connectivity index (χ2v) is 20.7. The molecule has 2 aromatic carbocycles. The number of carbonyl (C=O) groups excluding carboxylic acids is 3. The maximum atomic E-state index is 15.8. The van der Waals surface area contributed by atoms with Crippen LogP contribution in [-0.4, -0.2) is 126 Å². The predicted octanol–water partition coefficient (Wildman–Crippen LogP) is 5.62. The molecule has 1 unspecified atom stereocenters. The number of benzene rings is 2. The van der Waals surface area contributed by atoms with Crippen molar-refractivity contribution in [2.75, 3.05) is 73.4 Å². The van der Waals surface area contributed by atoms with Gasteiger partial charge in [-0.2, -0.15) is 12.7 Å². The summed E-state index contributed by atoms with van der Waals surface area (Å²) in [5.41, 5.74) is 3.82. The zero-order valence-corrected chi connectivity index (χ0v) is 37.4. The highest BCUT2D eigenvalue weighted by Gasteiger charge is 2.52. The van der Waals surface area contributed by atoms with Gasteiger partial charge in [-0.15, -0.1) is 0 Å². The lowest BCUT2D eigenvalue weighted by molar-refractivity contribution is -0.126. The van der Waals surface area contributed by atoms with Crippen LogP contribution in [0.25, 0.3) is 22.2 Å². The molecule has 5 aromatic rings. The molecule has 15 nitrogen and oxygen atoms in total. The lowest BCUT2D eigenvalue weighted by Gasteiger charge is -2.61. The van der Waals surface area contributed by atoms with Crippen molar-refractivity contribution in [1.29, 1.82) is 0 Å². The number of hydrogen-bond donors (Lipinski definition) is 3. The number of aromatic amines is 1. The van der Waals surface area contributed by atoms with Crippen LogP contribution < -0.4 is 19.8 Å². The molecule has 3 N–H and O–H groups in total. The predicted molar refractivity (Wildman–Crippen MR) is 245 cm³/mol. The minimum Gasteiger partial charge on any atom is -0.372 e. The molecule has 2 amide bonds. The second kappa shape index (κ2) is 16.5. The number of ketones is 1. The van der Waals surface area contributed by atoms with E-state index in [0.717, 1.165) is 97.7 Å². The molecule has 0 bridgehead atoms. The molecular formula is C48H49F3N10O5S. The number of amides is 2. The zero-order valence-electron chi connectivity index (χ0n) is 36.6. The van der Waals surface area contributed by atoms with Crippen LogP contribution >= 0.6 is 0 Å². The average molecular weight is 935 g/mol. The number of nitrogens with one attached hydrogen (secondary N) is 3. The van der Waals surface area contributed by atoms with Crippen molar-refractivity contribution in [2.45, 2.75) is 50.9 Å². The number of likely N-dealkylation sites (tertiary alicyclic amines) is 1. The quantitative estimate of drug-likeness (QED) is 0.142. The van der Waals surface area contributed by atoms with Crippen LogP contribution in [0.4, 0.5) is 30.4 Å². The molecule has 6 aliphatic rings. The number of allylic oxidation sites excluding steroid dienone is 1. The van der Waals surface area contributed by atoms with E-state index < -0.39 is 51.1 Å². The largest absolute Gasteiger partial charge is 0.372 e. The number of fused-ring (bicyclic) bond motifs is 2. The summed E-state index contributed by atoms with van der Waals surface area (Å²) >= 11 is 0. The summed E-state index contributed by atoms with van der Waals surface area (Å²) in [4.78, 5) is 60.6. The Morgan fingerprint density at radius 1 is 0.910 bits per heavy atom. The number of hydrogen-bond acceptors (Lipinski definition) is 10. The standard InChI is InChI=1S/C48H49F3N10O5S/c1-28-2-8-40(46(63)55-28)61-22-32-16-34(4-5-35(32)47(61)64)58-13-10-29(11-14-58)21-57-24-48(25-57)26-59(27-48)41-9-3-30(18-52-41)31-17-36-37(20-54-45(36)53-19-31)44(62)42-38(50)6-7-39(43(42)51)56-67(65,66)60-15-12-33(49)23-60/h3-7,9,16-20,29,33,40,56H,1-2,8,10-15,21-27H2,(H,53,54)(H,55,63)/t33-,40?/m1/s1. The fourth-order valence-corrected chi connectivity index (χ4v) is 12.2. The van der Waals surface area contributed by atoms with E-state index in [1.165, 1.54) is 6.20 Å². The number of H-pyrrole nitrogens is 1. The fourth-order valence-electron chi connectivity index (χ4n) is 10.9. The van der Waals surface area contributed by atoms with Crippen molar-refractivity contribution >= 4 is 56.0 Å². The van der Waals surface area contributed by atoms with Crippen LogP contribution in [0.3, 0.4) is 0 Å². The third kappa shape index (κ3) is 7.89. The van der Waals surface area contributed by atoms with Crippen molar-refractivity contribution in [3.8, 4) is 11.1 Å². The van der Waals surface area contributed by atoms with Gasteiger partial charge in [0.2, 0.25) is 11.7 Å². The van der Waals surface area contributed by atoms with Gasteiger partial charge in [0.1, 0.15) is 29.5 Å². The number of aromatic nitrogens is 3. The minimum absolute atomic E-state index is 0.00428. The minimum atomic E-state index is -4.36. The van der Waals surface area contributed by atoms with Gasteiger partial charge in [-0.3, -0.25) is 19.1 Å². The normalized spacial score (nSPS) is 22.3. The van der Waals surface area contributed by atoms with Gasteiger partial charge < -0.3 is 29.9 Å². The van der Waals surface area contributed by atoms with Crippen molar-refractivity contribution in [2.24, 2.45) is 11.3 Å². The van der Waals surface area contributed by atoms with Gasteiger partial charge in [-0.25, -0.2) is 23.1 Å². The Hall–Kier alpha value is -6.31. The van der Waals surface area contributed by atoms with Gasteiger partial charge in [-0.05, 0) is 92.1 Å². The number of pyridine rings is 2. The van der Waals surface area contributed by atoms with Crippen LogP contribution in [0.15, 0.2) is 79.4 Å². The van der Waals surface area contributed by atoms with E-state index >= 15 is 8.78 Å². The van der Waals surface area contributed by atoms with E-state index in [2.05, 4.69) is 42.6 Å². The Bertz CT molecular complexity index is 2960. The molecule has 0 saturated carbocycles. The molecule has 2 atom stereocenters. The summed E-state index contributed by atoms with van der Waals surface area (Å²) < 4.78 is 73.1. The third-order valence-electron chi connectivity index (χ3n) is 14.5. The summed E-state index contributed by atoms with van der Waals surface area (Å²) in [5, 5.41) is 3.12. The molecule has 348 valence electrons. The Kier molecular flexibility index (Phi) is 10.6. The topological polar surface area (TPSA) is 167 Å².